The summed E-state index contributed by atoms with van der Waals surface area (Å²) in [5, 5.41) is 7.01. The average Bonchev–Trinajstić information content (AvgIpc) is 2.34. The van der Waals surface area contributed by atoms with Gasteiger partial charge in [-0.25, -0.2) is 0 Å². The van der Waals surface area contributed by atoms with Crippen molar-refractivity contribution in [1.82, 2.24) is 10.6 Å². The van der Waals surface area contributed by atoms with Crippen molar-refractivity contribution in [1.29, 1.82) is 0 Å². The minimum atomic E-state index is 0.153. The highest BCUT2D eigenvalue weighted by Crippen LogP contribution is 2.29. The van der Waals surface area contributed by atoms with Gasteiger partial charge in [0.25, 0.3) is 0 Å². The molecule has 1 aromatic carbocycles. The SMILES string of the molecule is CC(C)NCc1cc(C(C)(C)C)cc(CNC(C)C)c1S. The highest BCUT2D eigenvalue weighted by atomic mass is 32.1. The molecule has 0 aliphatic heterocycles. The fourth-order valence-electron chi connectivity index (χ4n) is 2.09. The van der Waals surface area contributed by atoms with E-state index in [2.05, 4.69) is 71.2 Å². The Morgan fingerprint density at radius 3 is 1.57 bits per heavy atom. The van der Waals surface area contributed by atoms with Crippen LogP contribution < -0.4 is 10.6 Å². The molecule has 0 aliphatic carbocycles. The van der Waals surface area contributed by atoms with Gasteiger partial charge in [0.2, 0.25) is 0 Å². The molecule has 2 nitrogen and oxygen atoms in total. The lowest BCUT2D eigenvalue weighted by Gasteiger charge is -2.24. The predicted molar refractivity (Wildman–Crippen MR) is 96.3 cm³/mol. The second-order valence-electron chi connectivity index (χ2n) is 7.46. The van der Waals surface area contributed by atoms with E-state index < -0.39 is 0 Å². The molecule has 0 atom stereocenters. The van der Waals surface area contributed by atoms with Crippen molar-refractivity contribution in [2.45, 2.75) is 83.9 Å². The van der Waals surface area contributed by atoms with Crippen LogP contribution in [0.1, 0.15) is 65.2 Å². The van der Waals surface area contributed by atoms with E-state index in [9.17, 15) is 0 Å². The molecule has 0 bridgehead atoms. The Hall–Kier alpha value is -0.510. The molecule has 0 fully saturated rings. The van der Waals surface area contributed by atoms with Crippen LogP contribution in [-0.2, 0) is 18.5 Å². The Bertz CT molecular complexity index is 426. The molecular formula is C18H32N2S. The van der Waals surface area contributed by atoms with Gasteiger partial charge < -0.3 is 10.6 Å². The van der Waals surface area contributed by atoms with Crippen molar-refractivity contribution in [3.05, 3.63) is 28.8 Å². The topological polar surface area (TPSA) is 24.1 Å². The zero-order valence-corrected chi connectivity index (χ0v) is 15.6. The third-order valence-corrected chi connectivity index (χ3v) is 4.11. The molecule has 0 heterocycles. The van der Waals surface area contributed by atoms with Crippen LogP contribution in [0, 0.1) is 0 Å². The van der Waals surface area contributed by atoms with E-state index in [1.807, 2.05) is 0 Å². The maximum absolute atomic E-state index is 4.78. The summed E-state index contributed by atoms with van der Waals surface area (Å²) in [6.45, 7) is 17.2. The molecule has 0 spiro atoms. The van der Waals surface area contributed by atoms with Gasteiger partial charge in [0.15, 0.2) is 0 Å². The van der Waals surface area contributed by atoms with Crippen molar-refractivity contribution in [3.8, 4) is 0 Å². The molecule has 21 heavy (non-hydrogen) atoms. The average molecular weight is 309 g/mol. The fraction of sp³-hybridized carbons (Fsp3) is 0.667. The number of nitrogens with one attached hydrogen (secondary N) is 2. The first-order valence-electron chi connectivity index (χ1n) is 7.93. The lowest BCUT2D eigenvalue weighted by atomic mass is 9.85. The van der Waals surface area contributed by atoms with Gasteiger partial charge in [-0.3, -0.25) is 0 Å². The summed E-state index contributed by atoms with van der Waals surface area (Å²) in [6, 6.07) is 5.56. The zero-order chi connectivity index (χ0) is 16.2. The van der Waals surface area contributed by atoms with E-state index in [0.717, 1.165) is 18.0 Å². The third kappa shape index (κ3) is 6.01. The Kier molecular flexibility index (Phi) is 6.76. The number of hydrogen-bond donors (Lipinski definition) is 3. The maximum Gasteiger partial charge on any atom is 0.0219 e. The van der Waals surface area contributed by atoms with Gasteiger partial charge >= 0.3 is 0 Å². The number of rotatable bonds is 6. The van der Waals surface area contributed by atoms with E-state index in [-0.39, 0.29) is 5.41 Å². The van der Waals surface area contributed by atoms with Crippen molar-refractivity contribution >= 4 is 12.6 Å². The van der Waals surface area contributed by atoms with Gasteiger partial charge in [0.05, 0.1) is 0 Å². The standard InChI is InChI=1S/C18H32N2S/c1-12(2)19-10-14-8-16(18(5,6)7)9-15(17(14)21)11-20-13(3)4/h8-9,12-13,19-21H,10-11H2,1-7H3. The highest BCUT2D eigenvalue weighted by Gasteiger charge is 2.18. The van der Waals surface area contributed by atoms with Crippen LogP contribution in [-0.4, -0.2) is 12.1 Å². The molecule has 0 saturated carbocycles. The summed E-state index contributed by atoms with van der Waals surface area (Å²) in [5.41, 5.74) is 4.11. The molecule has 0 aliphatic rings. The Morgan fingerprint density at radius 1 is 0.905 bits per heavy atom. The van der Waals surface area contributed by atoms with Gasteiger partial charge in [-0.05, 0) is 22.1 Å². The second kappa shape index (κ2) is 7.66. The van der Waals surface area contributed by atoms with Gasteiger partial charge in [0.1, 0.15) is 0 Å². The van der Waals surface area contributed by atoms with Gasteiger partial charge in [-0.15, -0.1) is 12.6 Å². The number of hydrogen-bond acceptors (Lipinski definition) is 3. The summed E-state index contributed by atoms with van der Waals surface area (Å²) < 4.78 is 0. The summed E-state index contributed by atoms with van der Waals surface area (Å²) in [7, 11) is 0. The number of benzene rings is 1. The van der Waals surface area contributed by atoms with Crippen LogP contribution in [0.25, 0.3) is 0 Å². The van der Waals surface area contributed by atoms with Crippen LogP contribution in [0.3, 0.4) is 0 Å². The first-order valence-corrected chi connectivity index (χ1v) is 8.38. The van der Waals surface area contributed by atoms with E-state index in [0.29, 0.717) is 12.1 Å². The summed E-state index contributed by atoms with van der Waals surface area (Å²) in [6.07, 6.45) is 0. The second-order valence-corrected chi connectivity index (χ2v) is 7.91. The highest BCUT2D eigenvalue weighted by molar-refractivity contribution is 7.80. The molecular weight excluding hydrogens is 276 g/mol. The molecule has 3 heteroatoms. The van der Waals surface area contributed by atoms with Crippen molar-refractivity contribution in [2.24, 2.45) is 0 Å². The third-order valence-electron chi connectivity index (χ3n) is 3.54. The minimum absolute atomic E-state index is 0.153. The Labute approximate surface area is 136 Å². The van der Waals surface area contributed by atoms with E-state index in [1.54, 1.807) is 0 Å². The largest absolute Gasteiger partial charge is 0.310 e. The van der Waals surface area contributed by atoms with Gasteiger partial charge in [0, 0.05) is 30.1 Å². The first kappa shape index (κ1) is 18.5. The fourth-order valence-corrected chi connectivity index (χ4v) is 2.38. The quantitative estimate of drug-likeness (QED) is 0.684. The normalized spacial score (nSPS) is 12.5. The van der Waals surface area contributed by atoms with Gasteiger partial charge in [-0.1, -0.05) is 60.6 Å². The molecule has 0 amide bonds. The summed E-state index contributed by atoms with van der Waals surface area (Å²) in [4.78, 5) is 1.12. The Balaban J connectivity index is 3.13. The minimum Gasteiger partial charge on any atom is -0.310 e. The molecule has 0 unspecified atom stereocenters. The first-order chi connectivity index (χ1) is 9.61. The molecule has 1 aromatic rings. The molecule has 0 aromatic heterocycles. The lowest BCUT2D eigenvalue weighted by molar-refractivity contribution is 0.560. The van der Waals surface area contributed by atoms with Crippen molar-refractivity contribution < 1.29 is 0 Å². The van der Waals surface area contributed by atoms with Crippen molar-refractivity contribution in [2.75, 3.05) is 0 Å². The lowest BCUT2D eigenvalue weighted by Crippen LogP contribution is -2.25. The molecule has 1 rings (SSSR count). The van der Waals surface area contributed by atoms with E-state index in [1.165, 1.54) is 16.7 Å². The summed E-state index contributed by atoms with van der Waals surface area (Å²) >= 11 is 4.78. The van der Waals surface area contributed by atoms with E-state index in [4.69, 9.17) is 12.6 Å². The van der Waals surface area contributed by atoms with Crippen LogP contribution in [0.2, 0.25) is 0 Å². The monoisotopic (exact) mass is 308 g/mol. The zero-order valence-electron chi connectivity index (χ0n) is 14.7. The molecule has 0 saturated heterocycles. The molecule has 2 N–H and O–H groups in total. The number of thiol groups is 1. The van der Waals surface area contributed by atoms with Crippen LogP contribution in [0.5, 0.6) is 0 Å². The van der Waals surface area contributed by atoms with Crippen LogP contribution in [0.15, 0.2) is 17.0 Å². The van der Waals surface area contributed by atoms with Crippen molar-refractivity contribution in [3.63, 3.8) is 0 Å². The van der Waals surface area contributed by atoms with E-state index >= 15 is 0 Å². The maximum atomic E-state index is 4.78. The van der Waals surface area contributed by atoms with Gasteiger partial charge in [-0.2, -0.15) is 0 Å². The Morgan fingerprint density at radius 2 is 1.29 bits per heavy atom. The predicted octanol–water partition coefficient (Wildman–Crippen LogP) is 4.27. The summed E-state index contributed by atoms with van der Waals surface area (Å²) in [5.74, 6) is 0. The van der Waals surface area contributed by atoms with Crippen LogP contribution in [0.4, 0.5) is 0 Å². The van der Waals surface area contributed by atoms with Crippen LogP contribution >= 0.6 is 12.6 Å². The smallest absolute Gasteiger partial charge is 0.0219 e. The molecule has 120 valence electrons. The molecule has 0 radical (unpaired) electrons.